The molecule has 0 saturated carbocycles. The topological polar surface area (TPSA) is 16.1 Å². The number of pyridine rings is 1. The summed E-state index contributed by atoms with van der Waals surface area (Å²) < 4.78 is 2.18. The first kappa shape index (κ1) is 12.4. The number of halogens is 1. The molecule has 0 unspecified atom stereocenters. The first-order valence-corrected chi connectivity index (χ1v) is 8.23. The molecule has 0 atom stereocenters. The van der Waals surface area contributed by atoms with Crippen molar-refractivity contribution in [1.29, 1.82) is 0 Å². The van der Waals surface area contributed by atoms with Crippen LogP contribution in [0.1, 0.15) is 19.8 Å². The molecule has 87 valence electrons. The Morgan fingerprint density at radius 2 is 2.25 bits per heavy atom. The van der Waals surface area contributed by atoms with E-state index in [0.29, 0.717) is 0 Å². The number of likely N-dealkylation sites (tertiary alicyclic amines) is 1. The van der Waals surface area contributed by atoms with Gasteiger partial charge >= 0.3 is 109 Å². The fourth-order valence-electron chi connectivity index (χ4n) is 2.04. The quantitative estimate of drug-likeness (QED) is 0.627. The van der Waals surface area contributed by atoms with Crippen LogP contribution in [0.4, 0.5) is 0 Å². The molecule has 1 aliphatic heterocycles. The molecule has 0 amide bonds. The van der Waals surface area contributed by atoms with Crippen LogP contribution in [0.15, 0.2) is 18.3 Å². The van der Waals surface area contributed by atoms with Gasteiger partial charge in [0, 0.05) is 0 Å². The maximum atomic E-state index is 6.10. The third kappa shape index (κ3) is 3.23. The zero-order valence-electron chi connectivity index (χ0n) is 9.56. The molecule has 2 heterocycles. The normalized spacial score (nSPS) is 19.6. The Hall–Kier alpha value is -0.0416. The van der Waals surface area contributed by atoms with Crippen LogP contribution < -0.4 is 4.35 Å². The van der Waals surface area contributed by atoms with Crippen molar-refractivity contribution in [3.05, 3.63) is 23.5 Å². The number of nitrogens with zero attached hydrogens (tertiary/aromatic N) is 2. The Morgan fingerprint density at radius 1 is 1.50 bits per heavy atom. The SMILES string of the molecule is CCN1CCC([As]c2cccnc2Cl)CC1. The van der Waals surface area contributed by atoms with E-state index in [1.807, 2.05) is 6.07 Å². The predicted octanol–water partition coefficient (Wildman–Crippen LogP) is 1.97. The fraction of sp³-hybridized carbons (Fsp3) is 0.583. The third-order valence-corrected chi connectivity index (χ3v) is 6.84. The van der Waals surface area contributed by atoms with Crippen molar-refractivity contribution in [2.24, 2.45) is 0 Å². The molecule has 0 aromatic carbocycles. The number of rotatable bonds is 3. The zero-order valence-corrected chi connectivity index (χ0v) is 12.2. The van der Waals surface area contributed by atoms with Crippen molar-refractivity contribution in [2.45, 2.75) is 24.5 Å². The number of hydrogen-bond donors (Lipinski definition) is 0. The molecule has 1 saturated heterocycles. The molecule has 0 aliphatic carbocycles. The molecule has 2 rings (SSSR count). The summed E-state index contributed by atoms with van der Waals surface area (Å²) >= 11 is 6.29. The van der Waals surface area contributed by atoms with Gasteiger partial charge < -0.3 is 0 Å². The van der Waals surface area contributed by atoms with Gasteiger partial charge in [-0.2, -0.15) is 0 Å². The third-order valence-electron chi connectivity index (χ3n) is 3.07. The molecule has 0 bridgehead atoms. The van der Waals surface area contributed by atoms with E-state index in [9.17, 15) is 0 Å². The van der Waals surface area contributed by atoms with Crippen LogP contribution >= 0.6 is 11.6 Å². The first-order valence-electron chi connectivity index (χ1n) is 5.83. The van der Waals surface area contributed by atoms with E-state index in [0.717, 1.165) is 9.86 Å². The van der Waals surface area contributed by atoms with E-state index in [-0.39, 0.29) is 15.8 Å². The van der Waals surface area contributed by atoms with E-state index in [1.54, 1.807) is 6.20 Å². The van der Waals surface area contributed by atoms with E-state index >= 15 is 0 Å². The Balaban J connectivity index is 1.89. The van der Waals surface area contributed by atoms with Crippen molar-refractivity contribution >= 4 is 31.7 Å². The molecular weight excluding hydrogens is 283 g/mol. The minimum atomic E-state index is 0.193. The summed E-state index contributed by atoms with van der Waals surface area (Å²) in [4.78, 5) is 6.68. The average Bonchev–Trinajstić information content (AvgIpc) is 2.33. The second-order valence-electron chi connectivity index (χ2n) is 4.11. The van der Waals surface area contributed by atoms with Crippen molar-refractivity contribution in [1.82, 2.24) is 9.88 Å². The van der Waals surface area contributed by atoms with Crippen molar-refractivity contribution in [3.63, 3.8) is 0 Å². The first-order chi connectivity index (χ1) is 7.79. The van der Waals surface area contributed by atoms with E-state index in [4.69, 9.17) is 11.6 Å². The molecule has 0 N–H and O–H groups in total. The maximum absolute atomic E-state index is 6.10. The molecule has 1 aromatic heterocycles. The standard InChI is InChI=1S/C12H17AsClN2/c1-2-16-8-5-10(6-9-16)13-11-4-3-7-15-12(11)14/h3-4,7,10H,2,5-6,8-9H2,1H3. The van der Waals surface area contributed by atoms with Gasteiger partial charge in [-0.05, 0) is 0 Å². The Labute approximate surface area is 109 Å². The molecule has 16 heavy (non-hydrogen) atoms. The molecular formula is C12H17AsClN2. The summed E-state index contributed by atoms with van der Waals surface area (Å²) in [7, 11) is 0. The molecule has 1 aromatic rings. The second-order valence-corrected chi connectivity index (χ2v) is 7.55. The number of hydrogen-bond acceptors (Lipinski definition) is 2. The molecule has 1 radical (unpaired) electrons. The van der Waals surface area contributed by atoms with E-state index in [1.165, 1.54) is 36.8 Å². The van der Waals surface area contributed by atoms with Crippen LogP contribution in [-0.4, -0.2) is 45.3 Å². The van der Waals surface area contributed by atoms with Crippen molar-refractivity contribution in [2.75, 3.05) is 19.6 Å². The van der Waals surface area contributed by atoms with Crippen LogP contribution in [0.3, 0.4) is 0 Å². The van der Waals surface area contributed by atoms with Gasteiger partial charge in [-0.15, -0.1) is 0 Å². The van der Waals surface area contributed by atoms with Gasteiger partial charge in [-0.25, -0.2) is 0 Å². The summed E-state index contributed by atoms with van der Waals surface area (Å²) in [6.07, 6.45) is 4.44. The van der Waals surface area contributed by atoms with Gasteiger partial charge in [0.25, 0.3) is 0 Å². The molecule has 1 fully saturated rings. The summed E-state index contributed by atoms with van der Waals surface area (Å²) in [5, 5.41) is 0.723. The molecule has 1 aliphatic rings. The average molecular weight is 300 g/mol. The summed E-state index contributed by atoms with van der Waals surface area (Å²) in [6.45, 7) is 5.95. The van der Waals surface area contributed by atoms with Crippen LogP contribution in [0.2, 0.25) is 9.86 Å². The van der Waals surface area contributed by atoms with Crippen molar-refractivity contribution in [3.8, 4) is 0 Å². The molecule has 2 nitrogen and oxygen atoms in total. The van der Waals surface area contributed by atoms with Gasteiger partial charge in [-0.3, -0.25) is 0 Å². The Morgan fingerprint density at radius 3 is 2.88 bits per heavy atom. The Bertz CT molecular complexity index is 338. The van der Waals surface area contributed by atoms with Gasteiger partial charge in [0.1, 0.15) is 0 Å². The summed E-state index contributed by atoms with van der Waals surface area (Å²) in [5.41, 5.74) is 0. The van der Waals surface area contributed by atoms with Crippen molar-refractivity contribution < 1.29 is 0 Å². The fourth-order valence-corrected chi connectivity index (χ4v) is 4.97. The van der Waals surface area contributed by atoms with Gasteiger partial charge in [0.2, 0.25) is 0 Å². The Kier molecular flexibility index (Phi) is 4.69. The second kappa shape index (κ2) is 6.04. The number of aromatic nitrogens is 1. The molecule has 4 heteroatoms. The van der Waals surface area contributed by atoms with Crippen LogP contribution in [0, 0.1) is 0 Å². The van der Waals surface area contributed by atoms with Gasteiger partial charge in [-0.1, -0.05) is 0 Å². The van der Waals surface area contributed by atoms with Gasteiger partial charge in [0.05, 0.1) is 0 Å². The summed E-state index contributed by atoms with van der Waals surface area (Å²) in [5.74, 6) is 0. The van der Waals surface area contributed by atoms with E-state index in [2.05, 4.69) is 22.9 Å². The predicted molar refractivity (Wildman–Crippen MR) is 69.7 cm³/mol. The van der Waals surface area contributed by atoms with Crippen LogP contribution in [-0.2, 0) is 0 Å². The van der Waals surface area contributed by atoms with Crippen LogP contribution in [0.25, 0.3) is 0 Å². The summed E-state index contributed by atoms with van der Waals surface area (Å²) in [6, 6.07) is 4.14. The number of piperidine rings is 1. The van der Waals surface area contributed by atoms with Gasteiger partial charge in [0.15, 0.2) is 0 Å². The monoisotopic (exact) mass is 299 g/mol. The van der Waals surface area contributed by atoms with Crippen LogP contribution in [0.5, 0.6) is 0 Å². The minimum absolute atomic E-state index is 0.193. The van der Waals surface area contributed by atoms with E-state index < -0.39 is 0 Å². The zero-order chi connectivity index (χ0) is 11.4. The molecule has 0 spiro atoms.